The second-order valence-corrected chi connectivity index (χ2v) is 7.48. The van der Waals surface area contributed by atoms with Crippen molar-refractivity contribution in [2.24, 2.45) is 5.92 Å². The quantitative estimate of drug-likeness (QED) is 0.332. The molecule has 0 bridgehead atoms. The lowest BCUT2D eigenvalue weighted by Crippen LogP contribution is -2.31. The maximum absolute atomic E-state index is 13.3. The van der Waals surface area contributed by atoms with E-state index in [1.54, 1.807) is 24.3 Å². The van der Waals surface area contributed by atoms with Gasteiger partial charge in [-0.05, 0) is 53.9 Å². The number of halogens is 1. The largest absolute Gasteiger partial charge is 0.489 e. The molecule has 4 N–H and O–H groups in total. The Morgan fingerprint density at radius 3 is 2.19 bits per heavy atom. The van der Waals surface area contributed by atoms with Crippen LogP contribution in [0.3, 0.4) is 0 Å². The maximum Gasteiger partial charge on any atom is 0.303 e. The number of benzene rings is 3. The van der Waals surface area contributed by atoms with Crippen LogP contribution in [0.1, 0.15) is 30.0 Å². The maximum atomic E-state index is 13.3. The lowest BCUT2D eigenvalue weighted by Gasteiger charge is -2.30. The van der Waals surface area contributed by atoms with Crippen LogP contribution in [0.2, 0.25) is 0 Å². The molecule has 0 aliphatic heterocycles. The van der Waals surface area contributed by atoms with Crippen molar-refractivity contribution in [1.29, 1.82) is 0 Å². The lowest BCUT2D eigenvalue weighted by atomic mass is 9.88. The monoisotopic (exact) mass is 439 g/mol. The minimum absolute atomic E-state index is 0.0398. The van der Waals surface area contributed by atoms with E-state index in [4.69, 9.17) is 9.84 Å². The van der Waals surface area contributed by atoms with Gasteiger partial charge >= 0.3 is 5.97 Å². The number of aliphatic carboxylic acids is 1. The minimum atomic E-state index is -1.75. The fourth-order valence-electron chi connectivity index (χ4n) is 3.45. The molecule has 6 nitrogen and oxygen atoms in total. The van der Waals surface area contributed by atoms with Crippen molar-refractivity contribution in [3.8, 4) is 5.75 Å². The van der Waals surface area contributed by atoms with Gasteiger partial charge in [-0.2, -0.15) is 0 Å². The van der Waals surface area contributed by atoms with E-state index in [9.17, 15) is 19.4 Å². The van der Waals surface area contributed by atoms with Crippen molar-refractivity contribution in [2.45, 2.75) is 31.8 Å². The van der Waals surface area contributed by atoms with E-state index in [0.29, 0.717) is 23.6 Å². The van der Waals surface area contributed by atoms with Gasteiger partial charge in [-0.1, -0.05) is 42.5 Å². The Bertz CT molecular complexity index is 977. The smallest absolute Gasteiger partial charge is 0.303 e. The number of rotatable bonds is 11. The number of carboxylic acids is 1. The molecular weight excluding hydrogens is 413 g/mol. The molecule has 0 radical (unpaired) electrons. The average molecular weight is 439 g/mol. The van der Waals surface area contributed by atoms with Crippen molar-refractivity contribution in [2.75, 3.05) is 5.32 Å². The highest BCUT2D eigenvalue weighted by Gasteiger charge is 2.29. The van der Waals surface area contributed by atoms with Crippen LogP contribution in [0, 0.1) is 11.7 Å². The Hall–Kier alpha value is -3.42. The van der Waals surface area contributed by atoms with Crippen LogP contribution in [0.15, 0.2) is 78.9 Å². The average Bonchev–Trinajstić information content (AvgIpc) is 2.79. The Morgan fingerprint density at radius 2 is 1.59 bits per heavy atom. The molecule has 168 valence electrons. The van der Waals surface area contributed by atoms with E-state index >= 15 is 0 Å². The highest BCUT2D eigenvalue weighted by Crippen LogP contribution is 2.33. The summed E-state index contributed by atoms with van der Waals surface area (Å²) in [6, 6.07) is 21.9. The zero-order valence-electron chi connectivity index (χ0n) is 17.4. The molecule has 0 spiro atoms. The Balaban J connectivity index is 1.80. The van der Waals surface area contributed by atoms with Crippen LogP contribution in [-0.4, -0.2) is 27.6 Å². The van der Waals surface area contributed by atoms with Gasteiger partial charge < -0.3 is 25.4 Å². The summed E-state index contributed by atoms with van der Waals surface area (Å²) in [6.07, 6.45) is -1.93. The number of ether oxygens (including phenoxy) is 1. The molecule has 2 atom stereocenters. The number of anilines is 1. The summed E-state index contributed by atoms with van der Waals surface area (Å²) in [7, 11) is 0. The summed E-state index contributed by atoms with van der Waals surface area (Å²) in [6.45, 7) is 0.411. The van der Waals surface area contributed by atoms with Crippen molar-refractivity contribution in [3.05, 3.63) is 95.8 Å². The van der Waals surface area contributed by atoms with Crippen molar-refractivity contribution in [1.82, 2.24) is 0 Å². The summed E-state index contributed by atoms with van der Waals surface area (Å²) in [4.78, 5) is 11.1. The second-order valence-electron chi connectivity index (χ2n) is 7.48. The standard InChI is InChI=1S/C25H26FNO5/c26-19-8-10-20(11-9-19)27-24(22(25(30)31)14-15-23(28)29)18-6-12-21(13-7-18)32-16-17-4-2-1-3-5-17/h1-13,22,24-25,27,30-31H,14-16H2,(H,28,29)/t22-,24-/m1/s1. The number of hydrogen-bond donors (Lipinski definition) is 4. The number of aliphatic hydroxyl groups is 2. The fraction of sp³-hybridized carbons (Fsp3) is 0.240. The normalized spacial score (nSPS) is 12.9. The molecule has 32 heavy (non-hydrogen) atoms. The zero-order chi connectivity index (χ0) is 22.9. The van der Waals surface area contributed by atoms with E-state index in [1.807, 2.05) is 30.3 Å². The van der Waals surface area contributed by atoms with Gasteiger partial charge in [-0.3, -0.25) is 4.79 Å². The predicted molar refractivity (Wildman–Crippen MR) is 119 cm³/mol. The van der Waals surface area contributed by atoms with E-state index in [-0.39, 0.29) is 12.8 Å². The van der Waals surface area contributed by atoms with Crippen molar-refractivity contribution in [3.63, 3.8) is 0 Å². The molecule has 3 aromatic carbocycles. The van der Waals surface area contributed by atoms with Gasteiger partial charge in [0.05, 0.1) is 6.04 Å². The van der Waals surface area contributed by atoms with Crippen LogP contribution in [0.5, 0.6) is 5.75 Å². The molecule has 0 unspecified atom stereocenters. The summed E-state index contributed by atoms with van der Waals surface area (Å²) in [5.74, 6) is -1.59. The van der Waals surface area contributed by atoms with Crippen LogP contribution in [0.25, 0.3) is 0 Å². The molecule has 0 heterocycles. The SMILES string of the molecule is O=C(O)CC[C@@H](C(O)O)[C@H](Nc1ccc(F)cc1)c1ccc(OCc2ccccc2)cc1. The molecule has 7 heteroatoms. The van der Waals surface area contributed by atoms with E-state index in [1.165, 1.54) is 24.3 Å². The van der Waals surface area contributed by atoms with Gasteiger partial charge in [-0.25, -0.2) is 4.39 Å². The third-order valence-electron chi connectivity index (χ3n) is 5.16. The summed E-state index contributed by atoms with van der Waals surface area (Å²) in [5, 5.41) is 32.2. The first-order valence-corrected chi connectivity index (χ1v) is 10.3. The van der Waals surface area contributed by atoms with E-state index in [2.05, 4.69) is 5.32 Å². The minimum Gasteiger partial charge on any atom is -0.489 e. The Morgan fingerprint density at radius 1 is 0.938 bits per heavy atom. The van der Waals surface area contributed by atoms with Crippen LogP contribution in [0.4, 0.5) is 10.1 Å². The highest BCUT2D eigenvalue weighted by molar-refractivity contribution is 5.66. The second kappa shape index (κ2) is 11.3. The number of aliphatic hydroxyl groups excluding tert-OH is 1. The van der Waals surface area contributed by atoms with E-state index in [0.717, 1.165) is 5.56 Å². The number of nitrogens with one attached hydrogen (secondary N) is 1. The molecule has 0 fully saturated rings. The Kier molecular flexibility index (Phi) is 8.19. The van der Waals surface area contributed by atoms with Gasteiger partial charge in [0.2, 0.25) is 0 Å². The lowest BCUT2D eigenvalue weighted by molar-refractivity contribution is -0.138. The molecule has 0 aromatic heterocycles. The first kappa shape index (κ1) is 23.2. The molecule has 3 aromatic rings. The van der Waals surface area contributed by atoms with Crippen LogP contribution in [-0.2, 0) is 11.4 Å². The number of carbonyl (C=O) groups is 1. The molecule has 0 amide bonds. The molecular formula is C25H26FNO5. The number of hydrogen-bond acceptors (Lipinski definition) is 5. The van der Waals surface area contributed by atoms with Gasteiger partial charge in [-0.15, -0.1) is 0 Å². The zero-order valence-corrected chi connectivity index (χ0v) is 17.4. The predicted octanol–water partition coefficient (Wildman–Crippen LogP) is 4.35. The molecule has 0 aliphatic carbocycles. The van der Waals surface area contributed by atoms with Gasteiger partial charge in [0, 0.05) is 18.0 Å². The van der Waals surface area contributed by atoms with Crippen LogP contribution < -0.4 is 10.1 Å². The first-order valence-electron chi connectivity index (χ1n) is 10.3. The molecule has 3 rings (SSSR count). The summed E-state index contributed by atoms with van der Waals surface area (Å²) < 4.78 is 19.1. The highest BCUT2D eigenvalue weighted by atomic mass is 19.1. The third-order valence-corrected chi connectivity index (χ3v) is 5.16. The number of carboxylic acid groups (broad SMARTS) is 1. The molecule has 0 saturated carbocycles. The third kappa shape index (κ3) is 6.80. The molecule has 0 aliphatic rings. The van der Waals surface area contributed by atoms with Gasteiger partial charge in [0.15, 0.2) is 6.29 Å². The first-order chi connectivity index (χ1) is 15.4. The van der Waals surface area contributed by atoms with Crippen molar-refractivity contribution < 1.29 is 29.2 Å². The summed E-state index contributed by atoms with van der Waals surface area (Å²) in [5.41, 5.74) is 2.32. The molecule has 0 saturated heterocycles. The van der Waals surface area contributed by atoms with Gasteiger partial charge in [0.25, 0.3) is 0 Å². The topological polar surface area (TPSA) is 99.0 Å². The fourth-order valence-corrected chi connectivity index (χ4v) is 3.45. The van der Waals surface area contributed by atoms with E-state index < -0.39 is 30.0 Å². The summed E-state index contributed by atoms with van der Waals surface area (Å²) >= 11 is 0. The van der Waals surface area contributed by atoms with Gasteiger partial charge in [0.1, 0.15) is 18.2 Å². The Labute approximate surface area is 185 Å². The van der Waals surface area contributed by atoms with Crippen molar-refractivity contribution >= 4 is 11.7 Å². The van der Waals surface area contributed by atoms with Crippen LogP contribution >= 0.6 is 0 Å².